The van der Waals surface area contributed by atoms with Crippen LogP contribution >= 0.6 is 23.1 Å². The average Bonchev–Trinajstić information content (AvgIpc) is 3.29. The van der Waals surface area contributed by atoms with Crippen LogP contribution in [-0.2, 0) is 11.3 Å². The van der Waals surface area contributed by atoms with Gasteiger partial charge in [0.1, 0.15) is 5.75 Å². The molecule has 3 aromatic rings. The number of anilines is 1. The summed E-state index contributed by atoms with van der Waals surface area (Å²) in [5.41, 5.74) is 0.372. The second-order valence-corrected chi connectivity index (χ2v) is 7.33. The lowest BCUT2D eigenvalue weighted by molar-refractivity contribution is -0.274. The molecule has 0 aliphatic rings. The molecule has 1 amide bonds. The van der Waals surface area contributed by atoms with Gasteiger partial charge in [-0.25, -0.2) is 0 Å². The first kappa shape index (κ1) is 20.2. The molecule has 3 rings (SSSR count). The van der Waals surface area contributed by atoms with Crippen LogP contribution in [0.1, 0.15) is 6.92 Å². The molecule has 0 saturated carbocycles. The third kappa shape index (κ3) is 5.26. The van der Waals surface area contributed by atoms with Gasteiger partial charge in [0, 0.05) is 12.2 Å². The molecule has 0 atom stereocenters. The number of alkyl halides is 3. The predicted octanol–water partition coefficient (Wildman–Crippen LogP) is 4.66. The Labute approximate surface area is 166 Å². The number of hydrogen-bond donors (Lipinski definition) is 1. The van der Waals surface area contributed by atoms with Crippen LogP contribution in [0.15, 0.2) is 46.9 Å². The topological polar surface area (TPSA) is 69.0 Å². The van der Waals surface area contributed by atoms with Crippen LogP contribution in [0.5, 0.6) is 5.75 Å². The van der Waals surface area contributed by atoms with E-state index in [1.54, 1.807) is 11.3 Å². The molecule has 11 heteroatoms. The van der Waals surface area contributed by atoms with Gasteiger partial charge in [-0.2, -0.15) is 0 Å². The summed E-state index contributed by atoms with van der Waals surface area (Å²) in [7, 11) is 0. The standard InChI is InChI=1S/C17H15F3N4O2S2/c1-2-24-15(13-4-3-9-27-13)22-23-16(24)28-10-14(25)21-11-5-7-12(8-6-11)26-17(18,19)20/h3-9H,2,10H2,1H3,(H,21,25). The summed E-state index contributed by atoms with van der Waals surface area (Å²) in [5, 5.41) is 13.5. The lowest BCUT2D eigenvalue weighted by atomic mass is 10.3. The number of thiophene rings is 1. The van der Waals surface area contributed by atoms with E-state index in [1.165, 1.54) is 23.9 Å². The molecule has 0 aliphatic heterocycles. The number of nitrogens with zero attached hydrogens (tertiary/aromatic N) is 3. The Morgan fingerprint density at radius 1 is 1.25 bits per heavy atom. The van der Waals surface area contributed by atoms with Gasteiger partial charge in [0.2, 0.25) is 5.91 Å². The number of benzene rings is 1. The first-order chi connectivity index (χ1) is 13.4. The summed E-state index contributed by atoms with van der Waals surface area (Å²) < 4.78 is 42.2. The molecule has 28 heavy (non-hydrogen) atoms. The molecule has 0 bridgehead atoms. The van der Waals surface area contributed by atoms with Gasteiger partial charge in [-0.3, -0.25) is 4.79 Å². The number of ether oxygens (including phenoxy) is 1. The molecule has 148 valence electrons. The van der Waals surface area contributed by atoms with Crippen molar-refractivity contribution in [1.29, 1.82) is 0 Å². The van der Waals surface area contributed by atoms with E-state index in [9.17, 15) is 18.0 Å². The molecule has 2 heterocycles. The smallest absolute Gasteiger partial charge is 0.406 e. The van der Waals surface area contributed by atoms with E-state index >= 15 is 0 Å². The minimum atomic E-state index is -4.75. The number of thioether (sulfide) groups is 1. The number of aromatic nitrogens is 3. The van der Waals surface area contributed by atoms with Crippen LogP contribution < -0.4 is 10.1 Å². The van der Waals surface area contributed by atoms with Crippen LogP contribution in [0.3, 0.4) is 0 Å². The van der Waals surface area contributed by atoms with Gasteiger partial charge in [-0.1, -0.05) is 17.8 Å². The third-order valence-electron chi connectivity index (χ3n) is 3.48. The molecule has 0 radical (unpaired) electrons. The molecule has 0 fully saturated rings. The summed E-state index contributed by atoms with van der Waals surface area (Å²) in [6.07, 6.45) is -4.75. The van der Waals surface area contributed by atoms with Gasteiger partial charge in [-0.15, -0.1) is 34.7 Å². The van der Waals surface area contributed by atoms with Gasteiger partial charge in [0.15, 0.2) is 11.0 Å². The zero-order chi connectivity index (χ0) is 20.1. The van der Waals surface area contributed by atoms with Crippen LogP contribution in [0.2, 0.25) is 0 Å². The molecular formula is C17H15F3N4O2S2. The fourth-order valence-electron chi connectivity index (χ4n) is 2.34. The minimum absolute atomic E-state index is 0.0867. The van der Waals surface area contributed by atoms with E-state index in [4.69, 9.17) is 0 Å². The number of hydrogen-bond acceptors (Lipinski definition) is 6. The van der Waals surface area contributed by atoms with E-state index in [2.05, 4.69) is 20.3 Å². The zero-order valence-electron chi connectivity index (χ0n) is 14.6. The van der Waals surface area contributed by atoms with Gasteiger partial charge < -0.3 is 14.6 Å². The summed E-state index contributed by atoms with van der Waals surface area (Å²) >= 11 is 2.79. The Bertz CT molecular complexity index is 925. The van der Waals surface area contributed by atoms with Crippen molar-refractivity contribution < 1.29 is 22.7 Å². The van der Waals surface area contributed by atoms with Gasteiger partial charge in [0.05, 0.1) is 10.6 Å². The van der Waals surface area contributed by atoms with Crippen molar-refractivity contribution in [3.63, 3.8) is 0 Å². The highest BCUT2D eigenvalue weighted by Crippen LogP contribution is 2.27. The summed E-state index contributed by atoms with van der Waals surface area (Å²) in [5.74, 6) is 0.180. The minimum Gasteiger partial charge on any atom is -0.406 e. The molecule has 0 aliphatic carbocycles. The Balaban J connectivity index is 1.57. The van der Waals surface area contributed by atoms with Crippen molar-refractivity contribution in [2.45, 2.75) is 25.0 Å². The largest absolute Gasteiger partial charge is 0.573 e. The summed E-state index contributed by atoms with van der Waals surface area (Å²) in [6.45, 7) is 2.63. The van der Waals surface area contributed by atoms with Crippen molar-refractivity contribution >= 4 is 34.7 Å². The number of carbonyl (C=O) groups is 1. The average molecular weight is 428 g/mol. The Morgan fingerprint density at radius 2 is 2.00 bits per heavy atom. The fraction of sp³-hybridized carbons (Fsp3) is 0.235. The predicted molar refractivity (Wildman–Crippen MR) is 101 cm³/mol. The second-order valence-electron chi connectivity index (χ2n) is 5.44. The summed E-state index contributed by atoms with van der Waals surface area (Å²) in [4.78, 5) is 13.1. The maximum Gasteiger partial charge on any atom is 0.573 e. The van der Waals surface area contributed by atoms with E-state index in [0.29, 0.717) is 17.4 Å². The van der Waals surface area contributed by atoms with Crippen molar-refractivity contribution in [1.82, 2.24) is 14.8 Å². The quantitative estimate of drug-likeness (QED) is 0.555. The molecule has 1 N–H and O–H groups in total. The Morgan fingerprint density at radius 3 is 2.61 bits per heavy atom. The molecule has 0 spiro atoms. The van der Waals surface area contributed by atoms with Crippen molar-refractivity contribution in [2.75, 3.05) is 11.1 Å². The van der Waals surface area contributed by atoms with Gasteiger partial charge in [0.25, 0.3) is 0 Å². The number of rotatable bonds is 7. The molecule has 0 unspecified atom stereocenters. The molecule has 1 aromatic carbocycles. The molecule has 0 saturated heterocycles. The zero-order valence-corrected chi connectivity index (χ0v) is 16.2. The van der Waals surface area contributed by atoms with Crippen LogP contribution in [0.4, 0.5) is 18.9 Å². The van der Waals surface area contributed by atoms with E-state index in [-0.39, 0.29) is 17.4 Å². The van der Waals surface area contributed by atoms with Crippen molar-refractivity contribution in [2.24, 2.45) is 0 Å². The second kappa shape index (κ2) is 8.65. The van der Waals surface area contributed by atoms with E-state index in [0.717, 1.165) is 22.8 Å². The Kier molecular flexibility index (Phi) is 6.25. The number of nitrogens with one attached hydrogen (secondary N) is 1. The highest BCUT2D eigenvalue weighted by Gasteiger charge is 2.31. The highest BCUT2D eigenvalue weighted by atomic mass is 32.2. The molecule has 6 nitrogen and oxygen atoms in total. The van der Waals surface area contributed by atoms with Gasteiger partial charge >= 0.3 is 6.36 Å². The monoisotopic (exact) mass is 428 g/mol. The fourth-order valence-corrected chi connectivity index (χ4v) is 3.86. The number of carbonyl (C=O) groups excluding carboxylic acids is 1. The first-order valence-electron chi connectivity index (χ1n) is 8.11. The van der Waals surface area contributed by atoms with Crippen molar-refractivity contribution in [3.05, 3.63) is 41.8 Å². The van der Waals surface area contributed by atoms with Crippen molar-refractivity contribution in [3.8, 4) is 16.5 Å². The van der Waals surface area contributed by atoms with Gasteiger partial charge in [-0.05, 0) is 42.6 Å². The third-order valence-corrected chi connectivity index (χ3v) is 5.31. The SMILES string of the molecule is CCn1c(SCC(=O)Nc2ccc(OC(F)(F)F)cc2)nnc1-c1cccs1. The molecule has 2 aromatic heterocycles. The maximum absolute atomic E-state index is 12.2. The normalized spacial score (nSPS) is 11.4. The Hall–Kier alpha value is -2.53. The van der Waals surface area contributed by atoms with E-state index in [1.807, 2.05) is 29.0 Å². The van der Waals surface area contributed by atoms with Crippen LogP contribution in [-0.4, -0.2) is 32.8 Å². The maximum atomic E-state index is 12.2. The highest BCUT2D eigenvalue weighted by molar-refractivity contribution is 7.99. The number of halogens is 3. The van der Waals surface area contributed by atoms with Crippen LogP contribution in [0, 0.1) is 0 Å². The lowest BCUT2D eigenvalue weighted by Crippen LogP contribution is -2.17. The number of amides is 1. The summed E-state index contributed by atoms with van der Waals surface area (Å²) in [6, 6.07) is 8.84. The van der Waals surface area contributed by atoms with Crippen LogP contribution in [0.25, 0.3) is 10.7 Å². The van der Waals surface area contributed by atoms with E-state index < -0.39 is 6.36 Å². The lowest BCUT2D eigenvalue weighted by Gasteiger charge is -2.10. The molecular weight excluding hydrogens is 413 g/mol. The first-order valence-corrected chi connectivity index (χ1v) is 9.98.